The van der Waals surface area contributed by atoms with Crippen molar-refractivity contribution < 1.29 is 22.4 Å². The minimum atomic E-state index is -3.87. The fourth-order valence-corrected chi connectivity index (χ4v) is 4.98. The molecule has 0 aromatic heterocycles. The van der Waals surface area contributed by atoms with Gasteiger partial charge < -0.3 is 0 Å². The van der Waals surface area contributed by atoms with Gasteiger partial charge in [0.2, 0.25) is 5.91 Å². The average molecular weight is 413 g/mol. The van der Waals surface area contributed by atoms with Gasteiger partial charge >= 0.3 is 0 Å². The molecule has 3 aromatic rings. The first-order valence-electron chi connectivity index (χ1n) is 8.73. The molecule has 0 atom stereocenters. The van der Waals surface area contributed by atoms with Gasteiger partial charge in [-0.15, -0.1) is 0 Å². The van der Waals surface area contributed by atoms with E-state index in [1.54, 1.807) is 36.4 Å². The van der Waals surface area contributed by atoms with E-state index in [1.807, 2.05) is 0 Å². The number of carbonyl (C=O) groups excluding carboxylic acids is 2. The van der Waals surface area contributed by atoms with Crippen molar-refractivity contribution in [1.29, 1.82) is 0 Å². The Labute approximate surface area is 166 Å². The van der Waals surface area contributed by atoms with Gasteiger partial charge in [-0.05, 0) is 35.2 Å². The monoisotopic (exact) mass is 413 g/mol. The van der Waals surface area contributed by atoms with Crippen LogP contribution >= 0.6 is 0 Å². The highest BCUT2D eigenvalue weighted by Crippen LogP contribution is 2.41. The minimum Gasteiger partial charge on any atom is -0.273 e. The van der Waals surface area contributed by atoms with Crippen molar-refractivity contribution in [2.45, 2.75) is 11.3 Å². The smallest absolute Gasteiger partial charge is 0.265 e. The Balaban J connectivity index is 1.44. The Morgan fingerprint density at radius 3 is 2.38 bits per heavy atom. The Bertz CT molecular complexity index is 1240. The summed E-state index contributed by atoms with van der Waals surface area (Å²) in [6.07, 6.45) is -0.134. The van der Waals surface area contributed by atoms with Gasteiger partial charge in [0.25, 0.3) is 15.9 Å². The van der Waals surface area contributed by atoms with Crippen LogP contribution in [0.5, 0.6) is 0 Å². The van der Waals surface area contributed by atoms with Crippen molar-refractivity contribution in [2.24, 2.45) is 0 Å². The Kier molecular flexibility index (Phi) is 4.67. The zero-order valence-corrected chi connectivity index (χ0v) is 15.9. The second kappa shape index (κ2) is 7.17. The van der Waals surface area contributed by atoms with Crippen molar-refractivity contribution >= 4 is 38.3 Å². The van der Waals surface area contributed by atoms with Crippen LogP contribution in [-0.2, 0) is 26.0 Å². The van der Waals surface area contributed by atoms with Gasteiger partial charge in [0.15, 0.2) is 0 Å². The molecule has 29 heavy (non-hydrogen) atoms. The van der Waals surface area contributed by atoms with E-state index >= 15 is 0 Å². The molecule has 0 aliphatic carbocycles. The minimum absolute atomic E-state index is 0.134. The molecule has 1 aliphatic rings. The Morgan fingerprint density at radius 1 is 0.931 bits per heavy atom. The molecule has 4 rings (SSSR count). The summed E-state index contributed by atoms with van der Waals surface area (Å²) in [5, 5.41) is 1.33. The first-order valence-corrected chi connectivity index (χ1v) is 10.2. The Morgan fingerprint density at radius 2 is 1.62 bits per heavy atom. The van der Waals surface area contributed by atoms with Crippen molar-refractivity contribution in [3.05, 3.63) is 72.0 Å². The zero-order valence-electron chi connectivity index (χ0n) is 15.1. The van der Waals surface area contributed by atoms with Crippen molar-refractivity contribution in [2.75, 3.05) is 10.8 Å². The summed E-state index contributed by atoms with van der Waals surface area (Å²) in [6.45, 7) is -0.490. The van der Waals surface area contributed by atoms with Crippen molar-refractivity contribution in [3.8, 4) is 0 Å². The van der Waals surface area contributed by atoms with E-state index < -0.39 is 34.2 Å². The molecule has 1 aliphatic heterocycles. The number of rotatable bonds is 4. The van der Waals surface area contributed by atoms with Gasteiger partial charge in [-0.3, -0.25) is 24.7 Å². The first-order chi connectivity index (χ1) is 13.9. The summed E-state index contributed by atoms with van der Waals surface area (Å²) >= 11 is 0. The van der Waals surface area contributed by atoms with Crippen molar-refractivity contribution in [1.82, 2.24) is 10.9 Å². The maximum absolute atomic E-state index is 13.2. The molecule has 3 aromatic carbocycles. The summed E-state index contributed by atoms with van der Waals surface area (Å²) in [4.78, 5) is 24.4. The molecular formula is C20H16FN3O4S. The van der Waals surface area contributed by atoms with Crippen LogP contribution in [0.2, 0.25) is 0 Å². The molecule has 0 radical (unpaired) electrons. The second-order valence-electron chi connectivity index (χ2n) is 6.55. The topological polar surface area (TPSA) is 95.6 Å². The highest BCUT2D eigenvalue weighted by Gasteiger charge is 2.36. The molecule has 7 nitrogen and oxygen atoms in total. The maximum Gasteiger partial charge on any atom is 0.265 e. The van der Waals surface area contributed by atoms with Crippen LogP contribution < -0.4 is 15.2 Å². The van der Waals surface area contributed by atoms with E-state index in [0.717, 1.165) is 9.69 Å². The third-order valence-electron chi connectivity index (χ3n) is 4.56. The van der Waals surface area contributed by atoms with Gasteiger partial charge in [0, 0.05) is 5.39 Å². The number of halogens is 1. The number of nitrogens with zero attached hydrogens (tertiary/aromatic N) is 1. The molecule has 1 heterocycles. The number of anilines is 1. The molecule has 0 saturated heterocycles. The van der Waals surface area contributed by atoms with Crippen LogP contribution in [0, 0.1) is 5.82 Å². The van der Waals surface area contributed by atoms with Gasteiger partial charge in [-0.25, -0.2) is 12.8 Å². The molecule has 9 heteroatoms. The number of hydrogen-bond acceptors (Lipinski definition) is 4. The number of benzene rings is 3. The summed E-state index contributed by atoms with van der Waals surface area (Å²) in [6, 6.07) is 15.6. The number of amides is 2. The highest BCUT2D eigenvalue weighted by molar-refractivity contribution is 7.93. The number of carbonyl (C=O) groups is 2. The lowest BCUT2D eigenvalue weighted by Gasteiger charge is -2.18. The Hall–Kier alpha value is -3.46. The molecule has 2 amide bonds. The largest absolute Gasteiger partial charge is 0.273 e. The molecule has 0 saturated carbocycles. The average Bonchev–Trinajstić information content (AvgIpc) is 2.90. The van der Waals surface area contributed by atoms with Crippen LogP contribution in [0.15, 0.2) is 65.6 Å². The number of hydrazine groups is 1. The second-order valence-corrected chi connectivity index (χ2v) is 8.38. The highest BCUT2D eigenvalue weighted by atomic mass is 32.2. The fraction of sp³-hybridized carbons (Fsp3) is 0.100. The standard InChI is InChI=1S/C20H16FN3O4S/c21-15-7-1-4-13(10-15)11-18(25)22-23-19(26)12-24-16-8-2-5-14-6-3-9-17(20(14)16)29(24,27)28/h1-10H,11-12H2,(H,22,25)(H,23,26). The van der Waals surface area contributed by atoms with Gasteiger partial charge in [0.05, 0.1) is 17.0 Å². The van der Waals surface area contributed by atoms with Crippen LogP contribution in [0.3, 0.4) is 0 Å². The lowest BCUT2D eigenvalue weighted by Crippen LogP contribution is -2.47. The van der Waals surface area contributed by atoms with Gasteiger partial charge in [0.1, 0.15) is 12.4 Å². The van der Waals surface area contributed by atoms with Crippen molar-refractivity contribution in [3.63, 3.8) is 0 Å². The third kappa shape index (κ3) is 3.52. The maximum atomic E-state index is 13.2. The molecule has 0 bridgehead atoms. The molecule has 148 valence electrons. The predicted molar refractivity (Wildman–Crippen MR) is 105 cm³/mol. The molecule has 0 unspecified atom stereocenters. The van der Waals surface area contributed by atoms with E-state index in [0.29, 0.717) is 16.6 Å². The van der Waals surface area contributed by atoms with Gasteiger partial charge in [-0.2, -0.15) is 0 Å². The summed E-state index contributed by atoms with van der Waals surface area (Å²) in [5.74, 6) is -1.73. The SMILES string of the molecule is O=C(Cc1cccc(F)c1)NNC(=O)CN1c2cccc3cccc(c23)S1(=O)=O. The normalized spacial score (nSPS) is 14.0. The molecule has 2 N–H and O–H groups in total. The van der Waals surface area contributed by atoms with Gasteiger partial charge in [-0.1, -0.05) is 36.4 Å². The van der Waals surface area contributed by atoms with E-state index in [4.69, 9.17) is 0 Å². The van der Waals surface area contributed by atoms with Crippen LogP contribution in [0.4, 0.5) is 10.1 Å². The quantitative estimate of drug-likeness (QED) is 0.639. The predicted octanol–water partition coefficient (Wildman–Crippen LogP) is 1.88. The van der Waals surface area contributed by atoms with Crippen LogP contribution in [0.25, 0.3) is 10.8 Å². The van der Waals surface area contributed by atoms with E-state index in [9.17, 15) is 22.4 Å². The zero-order chi connectivity index (χ0) is 20.6. The third-order valence-corrected chi connectivity index (χ3v) is 6.37. The van der Waals surface area contributed by atoms with E-state index in [2.05, 4.69) is 10.9 Å². The lowest BCUT2D eigenvalue weighted by atomic mass is 10.1. The van der Waals surface area contributed by atoms with Crippen LogP contribution in [-0.4, -0.2) is 26.8 Å². The molecule has 0 spiro atoms. The van der Waals surface area contributed by atoms with Crippen LogP contribution in [0.1, 0.15) is 5.56 Å². The summed E-state index contributed by atoms with van der Waals surface area (Å²) in [5.41, 5.74) is 5.28. The van der Waals surface area contributed by atoms with E-state index in [1.165, 1.54) is 24.3 Å². The lowest BCUT2D eigenvalue weighted by molar-refractivity contribution is -0.127. The number of hydrogen-bond donors (Lipinski definition) is 2. The molecule has 0 fully saturated rings. The first kappa shape index (κ1) is 18.9. The summed E-state index contributed by atoms with van der Waals surface area (Å²) in [7, 11) is -3.87. The molecular weight excluding hydrogens is 397 g/mol. The summed E-state index contributed by atoms with van der Waals surface area (Å²) < 4.78 is 39.9. The number of nitrogens with one attached hydrogen (secondary N) is 2. The fourth-order valence-electron chi connectivity index (χ4n) is 3.31. The van der Waals surface area contributed by atoms with E-state index in [-0.39, 0.29) is 11.3 Å². The number of sulfonamides is 1.